The summed E-state index contributed by atoms with van der Waals surface area (Å²) in [4.78, 5) is 110. The fourth-order valence-electron chi connectivity index (χ4n) is 11.5. The van der Waals surface area contributed by atoms with Crippen LogP contribution in [0.3, 0.4) is 0 Å². The summed E-state index contributed by atoms with van der Waals surface area (Å²) < 4.78 is 25.8. The Kier molecular flexibility index (Phi) is 28.2. The number of phenolic OH excluding ortho intramolecular Hbond substituents is 12. The molecule has 0 radical (unpaired) electrons. The molecule has 588 valence electrons. The molecule has 6 aromatic rings. The van der Waals surface area contributed by atoms with Gasteiger partial charge in [0.1, 0.15) is 6.10 Å². The van der Waals surface area contributed by atoms with Crippen LogP contribution in [0.15, 0.2) is 146 Å². The minimum Gasteiger partial charge on any atom is -0.504 e. The minimum absolute atomic E-state index is 0.294. The normalized spacial score (nSPS) is 23.7. The highest BCUT2D eigenvalue weighted by Gasteiger charge is 2.56. The molecule has 0 amide bonds. The number of ketones is 1. The van der Waals surface area contributed by atoms with Crippen molar-refractivity contribution in [1.29, 1.82) is 0 Å². The van der Waals surface area contributed by atoms with Gasteiger partial charge in [-0.2, -0.15) is 0 Å². The lowest BCUT2D eigenvalue weighted by Crippen LogP contribution is -2.58. The second-order valence-corrected chi connectivity index (χ2v) is 25.5. The predicted octanol–water partition coefficient (Wildman–Crippen LogP) is 3.75. The number of carboxylic acids is 3. The van der Waals surface area contributed by atoms with Crippen molar-refractivity contribution < 1.29 is 174 Å². The zero-order valence-corrected chi connectivity index (χ0v) is 57.6. The topological polar surface area (TPSA) is 625 Å². The molecule has 0 saturated heterocycles. The summed E-state index contributed by atoms with van der Waals surface area (Å²) in [5.74, 6) is -16.3. The molecular formula is C76H74O35. The zero-order chi connectivity index (χ0) is 82.0. The predicted molar refractivity (Wildman–Crippen MR) is 379 cm³/mol. The van der Waals surface area contributed by atoms with E-state index in [1.54, 1.807) is 0 Å². The maximum absolute atomic E-state index is 12.5. The van der Waals surface area contributed by atoms with Gasteiger partial charge in [-0.15, -0.1) is 0 Å². The van der Waals surface area contributed by atoms with E-state index in [0.717, 1.165) is 48.6 Å². The quantitative estimate of drug-likeness (QED) is 0.0199. The number of hydrogen-bond donors (Lipinski definition) is 21. The van der Waals surface area contributed by atoms with Crippen molar-refractivity contribution in [3.05, 3.63) is 179 Å². The third-order valence-electron chi connectivity index (χ3n) is 17.2. The molecule has 0 aromatic heterocycles. The Morgan fingerprint density at radius 3 is 0.919 bits per heavy atom. The average Bonchev–Trinajstić information content (AvgIpc) is 0.790. The van der Waals surface area contributed by atoms with Crippen LogP contribution in [0.2, 0.25) is 0 Å². The highest BCUT2D eigenvalue weighted by molar-refractivity contribution is 5.95. The summed E-state index contributed by atoms with van der Waals surface area (Å²) >= 11 is 0. The maximum atomic E-state index is 12.5. The number of aliphatic hydroxyl groups is 6. The molecule has 3 fully saturated rings. The van der Waals surface area contributed by atoms with Gasteiger partial charge in [-0.25, -0.2) is 38.4 Å². The van der Waals surface area contributed by atoms with E-state index in [0.29, 0.717) is 33.4 Å². The molecule has 3 aliphatic carbocycles. The van der Waals surface area contributed by atoms with Crippen LogP contribution in [0.25, 0.3) is 36.5 Å². The van der Waals surface area contributed by atoms with Crippen molar-refractivity contribution >= 4 is 90.0 Å². The van der Waals surface area contributed by atoms with Gasteiger partial charge >= 0.3 is 47.8 Å². The van der Waals surface area contributed by atoms with Gasteiger partial charge in [-0.05, 0) is 149 Å². The Labute approximate surface area is 626 Å². The molecule has 6 aromatic carbocycles. The maximum Gasteiger partial charge on any atom is 0.348 e. The number of allylic oxidation sites excluding steroid dienone is 1. The molecule has 35 heteroatoms. The molecule has 0 heterocycles. The number of carbonyl (C=O) groups is 9. The van der Waals surface area contributed by atoms with Crippen LogP contribution in [0.5, 0.6) is 69.0 Å². The first-order valence-corrected chi connectivity index (χ1v) is 32.8. The van der Waals surface area contributed by atoms with Crippen molar-refractivity contribution in [2.75, 3.05) is 0 Å². The van der Waals surface area contributed by atoms with Gasteiger partial charge in [0.25, 0.3) is 0 Å². The van der Waals surface area contributed by atoms with Gasteiger partial charge in [-0.1, -0.05) is 42.5 Å². The van der Waals surface area contributed by atoms with Crippen molar-refractivity contribution in [2.24, 2.45) is 5.92 Å². The first kappa shape index (κ1) is 84.8. The van der Waals surface area contributed by atoms with E-state index in [9.17, 15) is 150 Å². The Balaban J connectivity index is 0.000000231. The third kappa shape index (κ3) is 23.3. The van der Waals surface area contributed by atoms with Crippen LogP contribution in [0.1, 0.15) is 78.3 Å². The number of aliphatic carboxylic acids is 3. The Bertz CT molecular complexity index is 4650. The summed E-state index contributed by atoms with van der Waals surface area (Å²) in [6.07, 6.45) is -3.76. The molecule has 0 spiro atoms. The fourth-order valence-corrected chi connectivity index (χ4v) is 11.5. The van der Waals surface area contributed by atoms with Crippen LogP contribution in [-0.2, 0) is 66.8 Å². The standard InChI is InChI=1S/C26H26O11.2C25H24O12/c27-17(5-1-14-2-6-18(28)20(30)9-14)11-16-12-26(25(35)36,13-22(32)24(16)34)37-23(33)8-4-15-3-7-19(29)21(31)10-15;26-15-5-1-13(9-17(15)28)3-7-21(31)36-20-12-25(35,24(33)34)11-19(30)23(20)37-22(32)8-4-14-2-6-16(27)18(29)10-14;26-15-5-1-13(9-17(15)28)3-7-21(32)36-23-19(30)11-25(24(34)35,12-20(23)31)37-22(33)8-4-14-2-6-16(27)18(29)10-14/h1-10,16,22,24,28-32,34H,11-13H2,(H,35,36);1-10,19-20,23,26-30,35H,11-12H2,(H,33,34);1-10,19-20,23,26-31H,11-12H2,(H,34,35)/b5-1+,8-4+;2*7-3+,8-4+/t16-,22-,24-,26+;19-,20-,23-,25+;19-,20-,23?,25?/m111/s1. The summed E-state index contributed by atoms with van der Waals surface area (Å²) in [6.45, 7) is 0. The molecule has 35 nitrogen and oxygen atoms in total. The molecule has 3 saturated carbocycles. The van der Waals surface area contributed by atoms with Gasteiger partial charge in [0.05, 0.1) is 30.5 Å². The van der Waals surface area contributed by atoms with Crippen LogP contribution in [0, 0.1) is 5.92 Å². The smallest absolute Gasteiger partial charge is 0.348 e. The first-order chi connectivity index (χ1) is 52.2. The zero-order valence-electron chi connectivity index (χ0n) is 57.6. The summed E-state index contributed by atoms with van der Waals surface area (Å²) in [6, 6.07) is 22.6. The second-order valence-electron chi connectivity index (χ2n) is 25.5. The molecule has 21 N–H and O–H groups in total. The Hall–Kier alpha value is -13.5. The van der Waals surface area contributed by atoms with Gasteiger partial charge < -0.3 is 131 Å². The number of esters is 5. The van der Waals surface area contributed by atoms with E-state index in [2.05, 4.69) is 0 Å². The van der Waals surface area contributed by atoms with Crippen LogP contribution in [-0.4, -0.2) is 226 Å². The Morgan fingerprint density at radius 2 is 0.604 bits per heavy atom. The summed E-state index contributed by atoms with van der Waals surface area (Å²) in [5, 5.41) is 205. The van der Waals surface area contributed by atoms with Crippen molar-refractivity contribution in [3.8, 4) is 69.0 Å². The number of ether oxygens (including phenoxy) is 5. The molecule has 9 rings (SSSR count). The SMILES string of the molecule is O=C(/C=C/c1ccc(O)c(O)c1)C[C@@H]1C[C@@](OC(=O)/C=C/c2ccc(O)c(O)c2)(C(=O)O)C[C@@H](O)[C@@H]1O.O=C(/C=C/c1ccc(O)c(O)c1)OC1[C@H](O)CC(OC(=O)/C=C/c2ccc(O)c(O)c2)(C(=O)O)C[C@H]1O.O=C(/C=C/c1ccc(O)c(O)c1)O[C@@H]1[C@H](O)C[C@@](O)(C(=O)O)C[C@H]1OC(=O)/C=C/c1ccc(O)c(O)c1. The molecule has 0 bridgehead atoms. The third-order valence-corrected chi connectivity index (χ3v) is 17.2. The van der Waals surface area contributed by atoms with Crippen molar-refractivity contribution in [2.45, 2.75) is 111 Å². The van der Waals surface area contributed by atoms with Crippen LogP contribution in [0.4, 0.5) is 0 Å². The number of carbonyl (C=O) groups excluding carboxylic acids is 6. The average molecular weight is 1550 g/mol. The molecule has 10 atom stereocenters. The van der Waals surface area contributed by atoms with Crippen molar-refractivity contribution in [1.82, 2.24) is 0 Å². The minimum atomic E-state index is -2.46. The second kappa shape index (κ2) is 36.9. The highest BCUT2D eigenvalue weighted by Crippen LogP contribution is 2.41. The number of rotatable bonds is 22. The van der Waals surface area contributed by atoms with Crippen LogP contribution >= 0.6 is 0 Å². The van der Waals surface area contributed by atoms with E-state index in [1.807, 2.05) is 0 Å². The van der Waals surface area contributed by atoms with E-state index in [4.69, 9.17) is 23.7 Å². The lowest BCUT2D eigenvalue weighted by Gasteiger charge is -2.41. The highest BCUT2D eigenvalue weighted by atomic mass is 16.6. The van der Waals surface area contributed by atoms with Crippen molar-refractivity contribution in [3.63, 3.8) is 0 Å². The van der Waals surface area contributed by atoms with E-state index in [-0.39, 0.29) is 46.7 Å². The van der Waals surface area contributed by atoms with Gasteiger partial charge in [0, 0.05) is 75.3 Å². The molecule has 0 unspecified atom stereocenters. The van der Waals surface area contributed by atoms with E-state index < -0.39 is 192 Å². The number of phenols is 12. The largest absolute Gasteiger partial charge is 0.504 e. The molecule has 3 aliphatic rings. The molecular weight excluding hydrogens is 1470 g/mol. The number of carboxylic acid groups (broad SMARTS) is 3. The lowest BCUT2D eigenvalue weighted by atomic mass is 9.72. The van der Waals surface area contributed by atoms with E-state index >= 15 is 0 Å². The monoisotopic (exact) mass is 1550 g/mol. The lowest BCUT2D eigenvalue weighted by molar-refractivity contribution is -0.207. The summed E-state index contributed by atoms with van der Waals surface area (Å²) in [5.41, 5.74) is -5.01. The fraction of sp³-hybridized carbons (Fsp3) is 0.250. The van der Waals surface area contributed by atoms with Gasteiger partial charge in [0.2, 0.25) is 11.2 Å². The first-order valence-electron chi connectivity index (χ1n) is 32.8. The Morgan fingerprint density at radius 1 is 0.324 bits per heavy atom. The number of benzene rings is 6. The molecule has 0 aliphatic heterocycles. The van der Waals surface area contributed by atoms with E-state index in [1.165, 1.54) is 134 Å². The number of hydrogen-bond acceptors (Lipinski definition) is 32. The molecule has 111 heavy (non-hydrogen) atoms. The van der Waals surface area contributed by atoms with Gasteiger partial charge in [-0.3, -0.25) is 4.79 Å². The summed E-state index contributed by atoms with van der Waals surface area (Å²) in [7, 11) is 0. The van der Waals surface area contributed by atoms with Crippen LogP contribution < -0.4 is 0 Å². The van der Waals surface area contributed by atoms with Gasteiger partial charge in [0.15, 0.2) is 92.6 Å². The number of aliphatic hydroxyl groups excluding tert-OH is 5. The number of aromatic hydroxyl groups is 12.